The molecule has 0 bridgehead atoms. The summed E-state index contributed by atoms with van der Waals surface area (Å²) in [4.78, 5) is 0. The van der Waals surface area contributed by atoms with E-state index >= 15 is 0 Å². The minimum atomic E-state index is -0.557. The zero-order valence-corrected chi connectivity index (χ0v) is 8.01. The zero-order chi connectivity index (χ0) is 8.74. The maximum absolute atomic E-state index is 5.28. The normalized spacial score (nSPS) is 11.0. The van der Waals surface area contributed by atoms with Gasteiger partial charge in [-0.25, -0.2) is 0 Å². The second-order valence-corrected chi connectivity index (χ2v) is 2.67. The SMILES string of the molecule is CC(C)(OCCN)OCCN.N. The molecule has 0 aromatic carbocycles. The van der Waals surface area contributed by atoms with Crippen molar-refractivity contribution in [2.24, 2.45) is 11.5 Å². The van der Waals surface area contributed by atoms with Crippen molar-refractivity contribution in [2.45, 2.75) is 19.6 Å². The van der Waals surface area contributed by atoms with E-state index in [4.69, 9.17) is 20.9 Å². The molecule has 5 heteroatoms. The average Bonchev–Trinajstić information content (AvgIpc) is 1.97. The van der Waals surface area contributed by atoms with Crippen LogP contribution < -0.4 is 17.6 Å². The summed E-state index contributed by atoms with van der Waals surface area (Å²) in [6.45, 7) is 5.73. The number of hydrogen-bond donors (Lipinski definition) is 3. The third kappa shape index (κ3) is 7.90. The Hall–Kier alpha value is -0.200. The molecule has 0 aliphatic heterocycles. The Kier molecular flexibility index (Phi) is 8.90. The van der Waals surface area contributed by atoms with Crippen molar-refractivity contribution in [1.29, 1.82) is 0 Å². The van der Waals surface area contributed by atoms with Crippen LogP contribution >= 0.6 is 0 Å². The molecule has 12 heavy (non-hydrogen) atoms. The molecule has 0 aromatic heterocycles. The van der Waals surface area contributed by atoms with E-state index in [0.717, 1.165) is 0 Å². The second kappa shape index (κ2) is 7.45. The Morgan fingerprint density at radius 2 is 1.33 bits per heavy atom. The second-order valence-electron chi connectivity index (χ2n) is 2.67. The molecule has 0 radical (unpaired) electrons. The van der Waals surface area contributed by atoms with Gasteiger partial charge in [-0.15, -0.1) is 0 Å². The van der Waals surface area contributed by atoms with E-state index in [9.17, 15) is 0 Å². The molecule has 0 saturated heterocycles. The Morgan fingerprint density at radius 3 is 1.58 bits per heavy atom. The van der Waals surface area contributed by atoms with Crippen LogP contribution in [0.3, 0.4) is 0 Å². The summed E-state index contributed by atoms with van der Waals surface area (Å²) in [6.07, 6.45) is 0. The molecule has 0 unspecified atom stereocenters. The minimum Gasteiger partial charge on any atom is -0.349 e. The summed E-state index contributed by atoms with van der Waals surface area (Å²) in [5.41, 5.74) is 10.5. The standard InChI is InChI=1S/C7H18N2O2.H3N/c1-7(2,10-5-3-8)11-6-4-9;/h3-6,8-9H2,1-2H3;1H3. The first-order valence-electron chi connectivity index (χ1n) is 3.80. The van der Waals surface area contributed by atoms with Crippen LogP contribution in [0.15, 0.2) is 0 Å². The van der Waals surface area contributed by atoms with Gasteiger partial charge in [-0.05, 0) is 13.8 Å². The number of nitrogens with two attached hydrogens (primary N) is 2. The molecule has 0 saturated carbocycles. The van der Waals surface area contributed by atoms with E-state index in [1.54, 1.807) is 0 Å². The highest BCUT2D eigenvalue weighted by Gasteiger charge is 2.17. The maximum Gasteiger partial charge on any atom is 0.162 e. The Bertz CT molecular complexity index is 88.7. The Labute approximate surface area is 74.0 Å². The van der Waals surface area contributed by atoms with Crippen molar-refractivity contribution < 1.29 is 9.47 Å². The smallest absolute Gasteiger partial charge is 0.162 e. The molecule has 0 aromatic rings. The fourth-order valence-corrected chi connectivity index (χ4v) is 0.651. The van der Waals surface area contributed by atoms with Crippen molar-refractivity contribution >= 4 is 0 Å². The molecule has 0 amide bonds. The molecule has 0 spiro atoms. The van der Waals surface area contributed by atoms with Crippen molar-refractivity contribution in [1.82, 2.24) is 6.15 Å². The molecule has 0 fully saturated rings. The third-order valence-electron chi connectivity index (χ3n) is 1.14. The lowest BCUT2D eigenvalue weighted by Gasteiger charge is -2.25. The molecule has 7 N–H and O–H groups in total. The number of rotatable bonds is 6. The molecular formula is C7H21N3O2. The van der Waals surface area contributed by atoms with E-state index in [2.05, 4.69) is 0 Å². The van der Waals surface area contributed by atoms with Gasteiger partial charge in [0, 0.05) is 13.1 Å². The summed E-state index contributed by atoms with van der Waals surface area (Å²) in [5, 5.41) is 0. The van der Waals surface area contributed by atoms with E-state index in [1.165, 1.54) is 0 Å². The maximum atomic E-state index is 5.28. The van der Waals surface area contributed by atoms with Gasteiger partial charge >= 0.3 is 0 Å². The van der Waals surface area contributed by atoms with Gasteiger partial charge < -0.3 is 27.1 Å². The summed E-state index contributed by atoms with van der Waals surface area (Å²) in [6, 6.07) is 0. The Morgan fingerprint density at radius 1 is 1.00 bits per heavy atom. The molecular weight excluding hydrogens is 158 g/mol. The average molecular weight is 179 g/mol. The molecule has 5 nitrogen and oxygen atoms in total. The highest BCUT2D eigenvalue weighted by Crippen LogP contribution is 2.09. The molecule has 0 atom stereocenters. The van der Waals surface area contributed by atoms with Crippen LogP contribution in [0, 0.1) is 0 Å². The van der Waals surface area contributed by atoms with Crippen molar-refractivity contribution in [3.05, 3.63) is 0 Å². The highest BCUT2D eigenvalue weighted by atomic mass is 16.7. The first-order valence-corrected chi connectivity index (χ1v) is 3.80. The quantitative estimate of drug-likeness (QED) is 0.491. The number of ether oxygens (including phenoxy) is 2. The van der Waals surface area contributed by atoms with Crippen LogP contribution in [-0.2, 0) is 9.47 Å². The van der Waals surface area contributed by atoms with Gasteiger partial charge in [0.05, 0.1) is 13.2 Å². The first-order chi connectivity index (χ1) is 5.12. The van der Waals surface area contributed by atoms with Crippen LogP contribution in [0.5, 0.6) is 0 Å². The van der Waals surface area contributed by atoms with Gasteiger partial charge in [-0.1, -0.05) is 0 Å². The monoisotopic (exact) mass is 179 g/mol. The van der Waals surface area contributed by atoms with Crippen molar-refractivity contribution in [2.75, 3.05) is 26.3 Å². The zero-order valence-electron chi connectivity index (χ0n) is 8.01. The van der Waals surface area contributed by atoms with Crippen molar-refractivity contribution in [3.63, 3.8) is 0 Å². The van der Waals surface area contributed by atoms with Crippen molar-refractivity contribution in [3.8, 4) is 0 Å². The minimum absolute atomic E-state index is 0. The van der Waals surface area contributed by atoms with Crippen LogP contribution in [0.25, 0.3) is 0 Å². The summed E-state index contributed by atoms with van der Waals surface area (Å²) in [5.74, 6) is -0.557. The van der Waals surface area contributed by atoms with Gasteiger partial charge in [0.25, 0.3) is 0 Å². The first kappa shape index (κ1) is 14.3. The largest absolute Gasteiger partial charge is 0.349 e. The van der Waals surface area contributed by atoms with Gasteiger partial charge in [0.1, 0.15) is 0 Å². The predicted octanol–water partition coefficient (Wildman–Crippen LogP) is -0.165. The van der Waals surface area contributed by atoms with Gasteiger partial charge in [-0.2, -0.15) is 0 Å². The van der Waals surface area contributed by atoms with Gasteiger partial charge in [0.2, 0.25) is 0 Å². The Balaban J connectivity index is 0. The van der Waals surface area contributed by atoms with Crippen LogP contribution in [0.4, 0.5) is 0 Å². The fraction of sp³-hybridized carbons (Fsp3) is 1.00. The van der Waals surface area contributed by atoms with Crippen LogP contribution in [0.1, 0.15) is 13.8 Å². The molecule has 0 rings (SSSR count). The van der Waals surface area contributed by atoms with Gasteiger partial charge in [-0.3, -0.25) is 0 Å². The van der Waals surface area contributed by atoms with E-state index in [-0.39, 0.29) is 6.15 Å². The topological polar surface area (TPSA) is 106 Å². The lowest BCUT2D eigenvalue weighted by atomic mass is 10.4. The summed E-state index contributed by atoms with van der Waals surface area (Å²) >= 11 is 0. The van der Waals surface area contributed by atoms with Crippen LogP contribution in [-0.4, -0.2) is 32.1 Å². The van der Waals surface area contributed by atoms with E-state index in [1.807, 2.05) is 13.8 Å². The number of hydrogen-bond acceptors (Lipinski definition) is 5. The van der Waals surface area contributed by atoms with E-state index in [0.29, 0.717) is 26.3 Å². The van der Waals surface area contributed by atoms with Gasteiger partial charge in [0.15, 0.2) is 5.79 Å². The summed E-state index contributed by atoms with van der Waals surface area (Å²) < 4.78 is 10.6. The van der Waals surface area contributed by atoms with E-state index < -0.39 is 5.79 Å². The third-order valence-corrected chi connectivity index (χ3v) is 1.14. The summed E-state index contributed by atoms with van der Waals surface area (Å²) in [7, 11) is 0. The van der Waals surface area contributed by atoms with Crippen LogP contribution in [0.2, 0.25) is 0 Å². The molecule has 0 aliphatic carbocycles. The lowest BCUT2D eigenvalue weighted by Crippen LogP contribution is -2.32. The lowest BCUT2D eigenvalue weighted by molar-refractivity contribution is -0.209. The molecule has 0 heterocycles. The molecule has 76 valence electrons. The molecule has 0 aliphatic rings. The highest BCUT2D eigenvalue weighted by molar-refractivity contribution is 4.53. The predicted molar refractivity (Wildman–Crippen MR) is 49.1 cm³/mol. The fourth-order valence-electron chi connectivity index (χ4n) is 0.651.